The number of H-pyrrole nitrogens is 1. The molecule has 20 heavy (non-hydrogen) atoms. The molecule has 0 radical (unpaired) electrons. The Balaban J connectivity index is 1.88. The van der Waals surface area contributed by atoms with Crippen LogP contribution in [0.1, 0.15) is 48.9 Å². The first kappa shape index (κ1) is 12.0. The highest BCUT2D eigenvalue weighted by Crippen LogP contribution is 2.45. The van der Waals surface area contributed by atoms with E-state index in [2.05, 4.69) is 17.1 Å². The maximum Gasteiger partial charge on any atom is 0.314 e. The van der Waals surface area contributed by atoms with Crippen molar-refractivity contribution in [1.82, 2.24) is 4.98 Å². The van der Waals surface area contributed by atoms with E-state index in [-0.39, 0.29) is 0 Å². The van der Waals surface area contributed by atoms with E-state index < -0.39 is 11.4 Å². The fourth-order valence-corrected chi connectivity index (χ4v) is 3.86. The molecule has 2 aliphatic rings. The number of hydrogen-bond acceptors (Lipinski definition) is 1. The third-order valence-corrected chi connectivity index (χ3v) is 5.27. The third kappa shape index (κ3) is 1.49. The summed E-state index contributed by atoms with van der Waals surface area (Å²) < 4.78 is 0. The van der Waals surface area contributed by atoms with Crippen LogP contribution in [0, 0.1) is 0 Å². The summed E-state index contributed by atoms with van der Waals surface area (Å²) >= 11 is 0. The van der Waals surface area contributed by atoms with Gasteiger partial charge in [0.15, 0.2) is 0 Å². The molecule has 104 valence electrons. The van der Waals surface area contributed by atoms with Crippen molar-refractivity contribution in [3.05, 3.63) is 35.0 Å². The molecule has 1 saturated carbocycles. The molecular formula is C17H19NO2. The molecule has 0 saturated heterocycles. The molecule has 0 aliphatic heterocycles. The smallest absolute Gasteiger partial charge is 0.314 e. The van der Waals surface area contributed by atoms with Crippen molar-refractivity contribution in [2.45, 2.75) is 50.4 Å². The molecule has 0 amide bonds. The Morgan fingerprint density at radius 1 is 1.15 bits per heavy atom. The van der Waals surface area contributed by atoms with Gasteiger partial charge in [0.05, 0.1) is 5.41 Å². The van der Waals surface area contributed by atoms with Crippen LogP contribution in [-0.2, 0) is 23.1 Å². The fourth-order valence-electron chi connectivity index (χ4n) is 3.86. The lowest BCUT2D eigenvalue weighted by molar-refractivity contribution is -0.147. The topological polar surface area (TPSA) is 53.1 Å². The first-order valence-electron chi connectivity index (χ1n) is 7.58. The van der Waals surface area contributed by atoms with Crippen LogP contribution in [0.3, 0.4) is 0 Å². The molecule has 2 aromatic rings. The lowest BCUT2D eigenvalue weighted by Gasteiger charge is -2.38. The molecule has 3 heteroatoms. The monoisotopic (exact) mass is 269 g/mol. The summed E-state index contributed by atoms with van der Waals surface area (Å²) in [6, 6.07) is 6.23. The normalized spacial score (nSPS) is 20.4. The van der Waals surface area contributed by atoms with Crippen molar-refractivity contribution in [1.29, 1.82) is 0 Å². The Morgan fingerprint density at radius 2 is 1.95 bits per heavy atom. The Morgan fingerprint density at radius 3 is 2.65 bits per heavy atom. The van der Waals surface area contributed by atoms with Gasteiger partial charge in [-0.2, -0.15) is 0 Å². The molecular weight excluding hydrogens is 250 g/mol. The number of rotatable bonds is 2. The minimum Gasteiger partial charge on any atom is -0.481 e. The number of carboxylic acid groups (broad SMARTS) is 1. The van der Waals surface area contributed by atoms with E-state index in [0.717, 1.165) is 37.7 Å². The standard InChI is InChI=1S/C17H19NO2/c19-16(20)17(8-3-9-17)11-6-7-15-13(10-11)12-4-1-2-5-14(12)18-15/h6-7,10,18H,1-5,8-9H2,(H,19,20). The quantitative estimate of drug-likeness (QED) is 0.876. The average Bonchev–Trinajstić information content (AvgIpc) is 2.75. The van der Waals surface area contributed by atoms with Gasteiger partial charge in [-0.15, -0.1) is 0 Å². The fraction of sp³-hybridized carbons (Fsp3) is 0.471. The highest BCUT2D eigenvalue weighted by molar-refractivity contribution is 5.89. The molecule has 1 heterocycles. The molecule has 0 bridgehead atoms. The zero-order valence-electron chi connectivity index (χ0n) is 11.5. The van der Waals surface area contributed by atoms with E-state index in [0.29, 0.717) is 0 Å². The molecule has 1 aromatic heterocycles. The van der Waals surface area contributed by atoms with Gasteiger partial charge in [-0.05, 0) is 61.8 Å². The number of carboxylic acids is 1. The van der Waals surface area contributed by atoms with Crippen LogP contribution in [0.25, 0.3) is 10.9 Å². The van der Waals surface area contributed by atoms with Crippen molar-refractivity contribution in [3.63, 3.8) is 0 Å². The van der Waals surface area contributed by atoms with Gasteiger partial charge in [-0.25, -0.2) is 0 Å². The number of carbonyl (C=O) groups is 1. The van der Waals surface area contributed by atoms with Crippen molar-refractivity contribution >= 4 is 16.9 Å². The highest BCUT2D eigenvalue weighted by atomic mass is 16.4. The maximum atomic E-state index is 11.7. The predicted octanol–water partition coefficient (Wildman–Crippen LogP) is 3.55. The van der Waals surface area contributed by atoms with Crippen LogP contribution in [0.2, 0.25) is 0 Å². The zero-order chi connectivity index (χ0) is 13.7. The van der Waals surface area contributed by atoms with E-state index in [4.69, 9.17) is 0 Å². The van der Waals surface area contributed by atoms with Crippen molar-refractivity contribution in [3.8, 4) is 0 Å². The van der Waals surface area contributed by atoms with Crippen LogP contribution < -0.4 is 0 Å². The number of hydrogen-bond donors (Lipinski definition) is 2. The number of aliphatic carboxylic acids is 1. The van der Waals surface area contributed by atoms with E-state index in [1.54, 1.807) is 0 Å². The number of aryl methyl sites for hydroxylation is 2. The number of benzene rings is 1. The second-order valence-electron chi connectivity index (χ2n) is 6.29. The van der Waals surface area contributed by atoms with Crippen LogP contribution in [0.4, 0.5) is 0 Å². The summed E-state index contributed by atoms with van der Waals surface area (Å²) in [6.07, 6.45) is 7.33. The van der Waals surface area contributed by atoms with Crippen LogP contribution in [-0.4, -0.2) is 16.1 Å². The van der Waals surface area contributed by atoms with Gasteiger partial charge in [0.1, 0.15) is 0 Å². The summed E-state index contributed by atoms with van der Waals surface area (Å²) in [5.41, 5.74) is 4.33. The second-order valence-corrected chi connectivity index (χ2v) is 6.29. The molecule has 0 unspecified atom stereocenters. The summed E-state index contributed by atoms with van der Waals surface area (Å²) in [4.78, 5) is 15.2. The number of aromatic amines is 1. The molecule has 0 spiro atoms. The first-order chi connectivity index (χ1) is 9.71. The number of nitrogens with one attached hydrogen (secondary N) is 1. The maximum absolute atomic E-state index is 11.7. The third-order valence-electron chi connectivity index (χ3n) is 5.27. The molecule has 3 nitrogen and oxygen atoms in total. The van der Waals surface area contributed by atoms with Gasteiger partial charge in [0.25, 0.3) is 0 Å². The second kappa shape index (κ2) is 4.11. The summed E-state index contributed by atoms with van der Waals surface area (Å²) in [6.45, 7) is 0. The molecule has 0 atom stereocenters. The molecule has 1 aromatic carbocycles. The van der Waals surface area contributed by atoms with Gasteiger partial charge in [-0.1, -0.05) is 12.5 Å². The summed E-state index contributed by atoms with van der Waals surface area (Å²) in [7, 11) is 0. The van der Waals surface area contributed by atoms with Gasteiger partial charge in [0.2, 0.25) is 0 Å². The lowest BCUT2D eigenvalue weighted by Crippen LogP contribution is -2.42. The Hall–Kier alpha value is -1.77. The molecule has 4 rings (SSSR count). The van der Waals surface area contributed by atoms with Crippen LogP contribution in [0.5, 0.6) is 0 Å². The van der Waals surface area contributed by atoms with Crippen LogP contribution in [0.15, 0.2) is 18.2 Å². The van der Waals surface area contributed by atoms with Gasteiger partial charge >= 0.3 is 5.97 Å². The Labute approximate surface area is 118 Å². The average molecular weight is 269 g/mol. The van der Waals surface area contributed by atoms with Crippen molar-refractivity contribution in [2.75, 3.05) is 0 Å². The van der Waals surface area contributed by atoms with E-state index in [1.807, 2.05) is 6.07 Å². The molecule has 2 aliphatic carbocycles. The predicted molar refractivity (Wildman–Crippen MR) is 78.1 cm³/mol. The lowest BCUT2D eigenvalue weighted by atomic mass is 9.64. The van der Waals surface area contributed by atoms with Gasteiger partial charge in [-0.3, -0.25) is 4.79 Å². The number of fused-ring (bicyclic) bond motifs is 3. The Bertz CT molecular complexity index is 694. The summed E-state index contributed by atoms with van der Waals surface area (Å²) in [5.74, 6) is -0.660. The largest absolute Gasteiger partial charge is 0.481 e. The van der Waals surface area contributed by atoms with Crippen molar-refractivity contribution in [2.24, 2.45) is 0 Å². The molecule has 2 N–H and O–H groups in total. The minimum atomic E-state index is -0.660. The zero-order valence-corrected chi connectivity index (χ0v) is 11.5. The minimum absolute atomic E-state index is 0.618. The summed E-state index contributed by atoms with van der Waals surface area (Å²) in [5, 5.41) is 10.8. The Kier molecular flexibility index (Phi) is 2.47. The SMILES string of the molecule is O=C(O)C1(c2ccc3[nH]c4c(c3c2)CCCC4)CCC1. The van der Waals surface area contributed by atoms with Crippen LogP contribution >= 0.6 is 0 Å². The highest BCUT2D eigenvalue weighted by Gasteiger charge is 2.46. The van der Waals surface area contributed by atoms with E-state index in [9.17, 15) is 9.90 Å². The van der Waals surface area contributed by atoms with Gasteiger partial charge < -0.3 is 10.1 Å². The molecule has 1 fully saturated rings. The van der Waals surface area contributed by atoms with E-state index >= 15 is 0 Å². The van der Waals surface area contributed by atoms with Gasteiger partial charge in [0, 0.05) is 16.6 Å². The van der Waals surface area contributed by atoms with Crippen molar-refractivity contribution < 1.29 is 9.90 Å². The first-order valence-corrected chi connectivity index (χ1v) is 7.58. The number of aromatic nitrogens is 1. The van der Waals surface area contributed by atoms with E-state index in [1.165, 1.54) is 35.0 Å².